The molecule has 9 nitrogen and oxygen atoms in total. The average Bonchev–Trinajstić information content (AvgIpc) is 3.51. The van der Waals surface area contributed by atoms with Crippen LogP contribution in [0.5, 0.6) is 11.5 Å². The van der Waals surface area contributed by atoms with Crippen LogP contribution in [0.3, 0.4) is 0 Å². The summed E-state index contributed by atoms with van der Waals surface area (Å²) in [5.41, 5.74) is 8.91. The molecule has 0 saturated heterocycles. The summed E-state index contributed by atoms with van der Waals surface area (Å²) in [4.78, 5) is 29.8. The number of nitrogens with one attached hydrogen (secondary N) is 3. The number of hydrogen-bond acceptors (Lipinski definition) is 8. The largest absolute Gasteiger partial charge is 0.493 e. The molecule has 0 aliphatic rings. The van der Waals surface area contributed by atoms with Crippen LogP contribution in [0.4, 0.5) is 16.5 Å². The summed E-state index contributed by atoms with van der Waals surface area (Å²) in [6.07, 6.45) is 1.43. The van der Waals surface area contributed by atoms with Gasteiger partial charge in [0.25, 0.3) is 11.8 Å². The van der Waals surface area contributed by atoms with Gasteiger partial charge in [-0.15, -0.1) is 11.3 Å². The van der Waals surface area contributed by atoms with Gasteiger partial charge in [0, 0.05) is 32.9 Å². The third-order valence-corrected chi connectivity index (χ3v) is 8.10. The number of hydrazone groups is 1. The highest BCUT2D eigenvalue weighted by molar-refractivity contribution is 7.14. The fourth-order valence-electron chi connectivity index (χ4n) is 4.25. The minimum absolute atomic E-state index is 0.216. The number of nitrogens with zero attached hydrogens (tertiary/aromatic N) is 2. The lowest BCUT2D eigenvalue weighted by Gasteiger charge is -2.13. The zero-order valence-electron chi connectivity index (χ0n) is 25.1. The first-order chi connectivity index (χ1) is 22.2. The Morgan fingerprint density at radius 1 is 0.935 bits per heavy atom. The normalized spacial score (nSPS) is 10.9. The number of hydrogen-bond donors (Lipinski definition) is 3. The number of methoxy groups -OCH3 is 1. The summed E-state index contributed by atoms with van der Waals surface area (Å²) in [6, 6.07) is 23.3. The number of carbonyl (C=O) groups is 2. The Morgan fingerprint density at radius 3 is 2.39 bits per heavy atom. The number of aryl methyl sites for hydroxylation is 2. The quantitative estimate of drug-likeness (QED) is 0.0961. The SMILES string of the molecule is COc1cc(/C=N\NC(=O)c2ccc(-c3csc(Nc4ccc(Cl)cc4)n3)cc2)cc(Cl)c1OCC(=O)Nc1ccc(C)c(C)c1. The van der Waals surface area contributed by atoms with Gasteiger partial charge in [-0.3, -0.25) is 9.59 Å². The van der Waals surface area contributed by atoms with Crippen LogP contribution in [0.25, 0.3) is 11.3 Å². The maximum atomic E-state index is 12.7. The topological polar surface area (TPSA) is 114 Å². The zero-order chi connectivity index (χ0) is 32.6. The van der Waals surface area contributed by atoms with Gasteiger partial charge in [-0.2, -0.15) is 5.10 Å². The van der Waals surface area contributed by atoms with Gasteiger partial charge < -0.3 is 20.1 Å². The van der Waals surface area contributed by atoms with Crippen molar-refractivity contribution in [2.75, 3.05) is 24.4 Å². The van der Waals surface area contributed by atoms with E-state index in [-0.39, 0.29) is 29.2 Å². The third kappa shape index (κ3) is 8.42. The Bertz CT molecular complexity index is 1890. The van der Waals surface area contributed by atoms with Crippen molar-refractivity contribution in [3.63, 3.8) is 0 Å². The minimum atomic E-state index is -0.390. The molecular weight excluding hydrogens is 645 g/mol. The predicted octanol–water partition coefficient (Wildman–Crippen LogP) is 8.27. The highest BCUT2D eigenvalue weighted by Crippen LogP contribution is 2.36. The van der Waals surface area contributed by atoms with Crippen LogP contribution in [-0.4, -0.2) is 36.7 Å². The van der Waals surface area contributed by atoms with Gasteiger partial charge in [0.1, 0.15) is 0 Å². The van der Waals surface area contributed by atoms with E-state index >= 15 is 0 Å². The fraction of sp³-hybridized carbons (Fsp3) is 0.118. The van der Waals surface area contributed by atoms with Crippen molar-refractivity contribution < 1.29 is 19.1 Å². The molecule has 1 heterocycles. The molecule has 234 valence electrons. The fourth-order valence-corrected chi connectivity index (χ4v) is 5.39. The van der Waals surface area contributed by atoms with E-state index in [1.165, 1.54) is 24.7 Å². The molecule has 2 amide bonds. The second-order valence-electron chi connectivity index (χ2n) is 10.1. The van der Waals surface area contributed by atoms with Crippen LogP contribution in [0.15, 0.2) is 89.3 Å². The molecule has 5 rings (SSSR count). The molecule has 0 aliphatic heterocycles. The van der Waals surface area contributed by atoms with Crippen molar-refractivity contribution in [3.05, 3.63) is 117 Å². The second kappa shape index (κ2) is 14.9. The molecule has 3 N–H and O–H groups in total. The summed E-state index contributed by atoms with van der Waals surface area (Å²) in [5.74, 6) is -0.207. The van der Waals surface area contributed by atoms with Crippen LogP contribution in [0.1, 0.15) is 27.0 Å². The molecule has 12 heteroatoms. The van der Waals surface area contributed by atoms with Crippen LogP contribution in [0.2, 0.25) is 10.0 Å². The number of anilines is 3. The Kier molecular flexibility index (Phi) is 10.5. The number of aromatic nitrogens is 1. The Labute approximate surface area is 280 Å². The van der Waals surface area contributed by atoms with Gasteiger partial charge in [-0.25, -0.2) is 10.4 Å². The molecule has 0 bridgehead atoms. The first-order valence-electron chi connectivity index (χ1n) is 14.0. The molecule has 1 aromatic heterocycles. The van der Waals surface area contributed by atoms with Crippen molar-refractivity contribution in [1.82, 2.24) is 10.4 Å². The molecule has 5 aromatic rings. The smallest absolute Gasteiger partial charge is 0.271 e. The van der Waals surface area contributed by atoms with Gasteiger partial charge in [0.05, 0.1) is 24.0 Å². The van der Waals surface area contributed by atoms with E-state index in [4.69, 9.17) is 32.7 Å². The number of benzene rings is 4. The van der Waals surface area contributed by atoms with Gasteiger partial charge in [-0.05, 0) is 91.2 Å². The zero-order valence-corrected chi connectivity index (χ0v) is 27.4. The van der Waals surface area contributed by atoms with E-state index in [1.54, 1.807) is 24.3 Å². The van der Waals surface area contributed by atoms with Crippen molar-refractivity contribution in [2.45, 2.75) is 13.8 Å². The van der Waals surface area contributed by atoms with Gasteiger partial charge >= 0.3 is 0 Å². The van der Waals surface area contributed by atoms with E-state index in [2.05, 4.69) is 26.1 Å². The molecular formula is C34H29Cl2N5O4S. The maximum Gasteiger partial charge on any atom is 0.271 e. The van der Waals surface area contributed by atoms with Crippen molar-refractivity contribution in [1.29, 1.82) is 0 Å². The van der Waals surface area contributed by atoms with Gasteiger partial charge in [0.15, 0.2) is 23.2 Å². The van der Waals surface area contributed by atoms with E-state index in [1.807, 2.05) is 73.8 Å². The van der Waals surface area contributed by atoms with Gasteiger partial charge in [-0.1, -0.05) is 41.4 Å². The number of carbonyl (C=O) groups excluding carboxylic acids is 2. The molecule has 0 fully saturated rings. The van der Waals surface area contributed by atoms with E-state index < -0.39 is 0 Å². The number of amides is 2. The monoisotopic (exact) mass is 673 g/mol. The molecule has 0 spiro atoms. The lowest BCUT2D eigenvalue weighted by atomic mass is 10.1. The van der Waals surface area contributed by atoms with E-state index in [0.29, 0.717) is 27.6 Å². The summed E-state index contributed by atoms with van der Waals surface area (Å²) in [5, 5.41) is 13.7. The molecule has 0 atom stereocenters. The van der Waals surface area contributed by atoms with Crippen molar-refractivity contribution in [3.8, 4) is 22.8 Å². The number of thiazole rings is 1. The minimum Gasteiger partial charge on any atom is -0.493 e. The molecule has 46 heavy (non-hydrogen) atoms. The van der Waals surface area contributed by atoms with E-state index in [9.17, 15) is 9.59 Å². The maximum absolute atomic E-state index is 12.7. The molecule has 0 saturated carbocycles. The Hall–Kier alpha value is -4.90. The summed E-state index contributed by atoms with van der Waals surface area (Å²) in [7, 11) is 1.46. The van der Waals surface area contributed by atoms with Gasteiger partial charge in [0.2, 0.25) is 0 Å². The number of ether oxygens (including phenoxy) is 2. The number of halogens is 2. The van der Waals surface area contributed by atoms with Crippen LogP contribution >= 0.6 is 34.5 Å². The lowest BCUT2D eigenvalue weighted by molar-refractivity contribution is -0.118. The summed E-state index contributed by atoms with van der Waals surface area (Å²) >= 11 is 13.9. The standard InChI is InChI=1S/C34H29Cl2N5O4S/c1-20-4-11-27(14-21(20)2)38-31(42)18-45-32-28(36)15-22(16-30(32)44-3)17-37-41-33(43)24-7-5-23(6-8-24)29-19-46-34(40-29)39-26-12-9-25(35)10-13-26/h4-17,19H,18H2,1-3H3,(H,38,42)(H,39,40)(H,41,43)/b37-17-. The highest BCUT2D eigenvalue weighted by Gasteiger charge is 2.14. The molecule has 4 aromatic carbocycles. The van der Waals surface area contributed by atoms with Crippen LogP contribution < -0.4 is 25.5 Å². The molecule has 0 aliphatic carbocycles. The lowest BCUT2D eigenvalue weighted by Crippen LogP contribution is -2.20. The Morgan fingerprint density at radius 2 is 1.67 bits per heavy atom. The first-order valence-corrected chi connectivity index (χ1v) is 15.6. The Balaban J connectivity index is 1.15. The van der Waals surface area contributed by atoms with Crippen LogP contribution in [-0.2, 0) is 4.79 Å². The van der Waals surface area contributed by atoms with E-state index in [0.717, 1.165) is 33.2 Å². The molecule has 0 unspecified atom stereocenters. The van der Waals surface area contributed by atoms with Crippen molar-refractivity contribution in [2.24, 2.45) is 5.10 Å². The van der Waals surface area contributed by atoms with Crippen molar-refractivity contribution >= 4 is 69.1 Å². The number of rotatable bonds is 11. The van der Waals surface area contributed by atoms with Crippen LogP contribution in [0, 0.1) is 13.8 Å². The average molecular weight is 675 g/mol. The summed E-state index contributed by atoms with van der Waals surface area (Å²) in [6.45, 7) is 3.71. The predicted molar refractivity (Wildman–Crippen MR) is 185 cm³/mol. The second-order valence-corrected chi connectivity index (χ2v) is 11.8. The highest BCUT2D eigenvalue weighted by atomic mass is 35.5. The first kappa shape index (κ1) is 32.5. The molecule has 0 radical (unpaired) electrons. The third-order valence-electron chi connectivity index (χ3n) is 6.81. The summed E-state index contributed by atoms with van der Waals surface area (Å²) < 4.78 is 11.1.